The SMILES string of the molecule is Cc1cc(CO)c(C)n1-c1ccc(C(=O)O)c(O)c1. The zero-order valence-electron chi connectivity index (χ0n) is 10.7. The molecular weight excluding hydrogens is 246 g/mol. The molecule has 2 aromatic rings. The molecule has 3 N–H and O–H groups in total. The zero-order chi connectivity index (χ0) is 14.2. The largest absolute Gasteiger partial charge is 0.507 e. The quantitative estimate of drug-likeness (QED) is 0.789. The Hall–Kier alpha value is -2.27. The Balaban J connectivity index is 2.57. The fourth-order valence-corrected chi connectivity index (χ4v) is 2.23. The van der Waals surface area contributed by atoms with E-state index >= 15 is 0 Å². The number of aliphatic hydroxyl groups is 1. The highest BCUT2D eigenvalue weighted by Crippen LogP contribution is 2.25. The van der Waals surface area contributed by atoms with Crippen molar-refractivity contribution in [2.45, 2.75) is 20.5 Å². The van der Waals surface area contributed by atoms with Gasteiger partial charge in [0, 0.05) is 23.1 Å². The maximum atomic E-state index is 10.9. The summed E-state index contributed by atoms with van der Waals surface area (Å²) in [5.41, 5.74) is 3.11. The fourth-order valence-electron chi connectivity index (χ4n) is 2.23. The van der Waals surface area contributed by atoms with Crippen LogP contribution in [0.25, 0.3) is 5.69 Å². The maximum absolute atomic E-state index is 10.9. The molecule has 5 heteroatoms. The number of rotatable bonds is 3. The van der Waals surface area contributed by atoms with Crippen molar-refractivity contribution in [2.75, 3.05) is 0 Å². The van der Waals surface area contributed by atoms with E-state index in [1.165, 1.54) is 12.1 Å². The minimum Gasteiger partial charge on any atom is -0.507 e. The standard InChI is InChI=1S/C14H15NO4/c1-8-5-10(7-16)9(2)15(8)11-3-4-12(14(18)19)13(17)6-11/h3-6,16-17H,7H2,1-2H3,(H,18,19). The average Bonchev–Trinajstić information content (AvgIpc) is 2.63. The number of hydrogen-bond acceptors (Lipinski definition) is 3. The number of carboxylic acid groups (broad SMARTS) is 1. The molecule has 0 saturated carbocycles. The van der Waals surface area contributed by atoms with Crippen LogP contribution in [0, 0.1) is 13.8 Å². The number of benzene rings is 1. The van der Waals surface area contributed by atoms with Crippen molar-refractivity contribution in [3.63, 3.8) is 0 Å². The van der Waals surface area contributed by atoms with Gasteiger partial charge in [0.1, 0.15) is 11.3 Å². The van der Waals surface area contributed by atoms with E-state index < -0.39 is 5.97 Å². The van der Waals surface area contributed by atoms with Crippen LogP contribution in [0.4, 0.5) is 0 Å². The van der Waals surface area contributed by atoms with Gasteiger partial charge >= 0.3 is 5.97 Å². The molecule has 5 nitrogen and oxygen atoms in total. The highest BCUT2D eigenvalue weighted by molar-refractivity contribution is 5.91. The normalized spacial score (nSPS) is 10.7. The Kier molecular flexibility index (Phi) is 3.31. The lowest BCUT2D eigenvalue weighted by atomic mass is 10.1. The van der Waals surface area contributed by atoms with Gasteiger partial charge in [-0.1, -0.05) is 0 Å². The summed E-state index contributed by atoms with van der Waals surface area (Å²) < 4.78 is 1.86. The van der Waals surface area contributed by atoms with Crippen LogP contribution in [0.15, 0.2) is 24.3 Å². The Morgan fingerprint density at radius 3 is 2.42 bits per heavy atom. The second-order valence-electron chi connectivity index (χ2n) is 4.40. The van der Waals surface area contributed by atoms with Gasteiger partial charge in [0.25, 0.3) is 0 Å². The first-order chi connectivity index (χ1) is 8.95. The maximum Gasteiger partial charge on any atom is 0.339 e. The molecule has 1 aromatic heterocycles. The summed E-state index contributed by atoms with van der Waals surface area (Å²) >= 11 is 0. The number of aryl methyl sites for hydroxylation is 1. The fraction of sp³-hybridized carbons (Fsp3) is 0.214. The van der Waals surface area contributed by atoms with E-state index in [1.807, 2.05) is 24.5 Å². The van der Waals surface area contributed by atoms with Crippen LogP contribution < -0.4 is 0 Å². The number of aromatic carboxylic acids is 1. The average molecular weight is 261 g/mol. The summed E-state index contributed by atoms with van der Waals surface area (Å²) in [6, 6.07) is 6.26. The van der Waals surface area contributed by atoms with Gasteiger partial charge in [-0.3, -0.25) is 0 Å². The van der Waals surface area contributed by atoms with Crippen LogP contribution in [0.1, 0.15) is 27.3 Å². The number of aromatic hydroxyl groups is 1. The van der Waals surface area contributed by atoms with Gasteiger partial charge in [0.05, 0.1) is 6.61 Å². The number of aromatic nitrogens is 1. The summed E-state index contributed by atoms with van der Waals surface area (Å²) in [6.07, 6.45) is 0. The van der Waals surface area contributed by atoms with Crippen LogP contribution in [0.5, 0.6) is 5.75 Å². The van der Waals surface area contributed by atoms with Gasteiger partial charge in [-0.15, -0.1) is 0 Å². The smallest absolute Gasteiger partial charge is 0.339 e. The molecule has 0 amide bonds. The van der Waals surface area contributed by atoms with Gasteiger partial charge in [-0.05, 0) is 37.6 Å². The van der Waals surface area contributed by atoms with E-state index in [0.29, 0.717) is 5.69 Å². The van der Waals surface area contributed by atoms with Gasteiger partial charge < -0.3 is 19.9 Å². The van der Waals surface area contributed by atoms with Crippen LogP contribution in [0.3, 0.4) is 0 Å². The summed E-state index contributed by atoms with van der Waals surface area (Å²) in [7, 11) is 0. The molecule has 1 aromatic carbocycles. The third kappa shape index (κ3) is 2.20. The molecule has 100 valence electrons. The molecule has 1 heterocycles. The number of phenols is 1. The van der Waals surface area contributed by atoms with E-state index in [1.54, 1.807) is 6.07 Å². The number of carbonyl (C=O) groups is 1. The number of nitrogens with zero attached hydrogens (tertiary/aromatic N) is 1. The molecule has 0 radical (unpaired) electrons. The Labute approximate surface area is 110 Å². The highest BCUT2D eigenvalue weighted by Gasteiger charge is 2.14. The summed E-state index contributed by atoms with van der Waals surface area (Å²) in [4.78, 5) is 10.9. The van der Waals surface area contributed by atoms with Gasteiger partial charge in [0.15, 0.2) is 0 Å². The summed E-state index contributed by atoms with van der Waals surface area (Å²) in [6.45, 7) is 3.69. The second-order valence-corrected chi connectivity index (χ2v) is 4.40. The van der Waals surface area contributed by atoms with Gasteiger partial charge in [0.2, 0.25) is 0 Å². The van der Waals surface area contributed by atoms with E-state index in [9.17, 15) is 15.0 Å². The van der Waals surface area contributed by atoms with Crippen molar-refractivity contribution in [3.8, 4) is 11.4 Å². The van der Waals surface area contributed by atoms with Gasteiger partial charge in [-0.25, -0.2) is 4.79 Å². The second kappa shape index (κ2) is 4.78. The summed E-state index contributed by atoms with van der Waals surface area (Å²) in [5.74, 6) is -1.44. The predicted octanol–water partition coefficient (Wildman–Crippen LogP) is 1.99. The third-order valence-electron chi connectivity index (χ3n) is 3.18. The van der Waals surface area contributed by atoms with Crippen molar-refractivity contribution in [1.82, 2.24) is 4.57 Å². The first-order valence-electron chi connectivity index (χ1n) is 5.81. The summed E-state index contributed by atoms with van der Waals surface area (Å²) in [5, 5.41) is 27.8. The van der Waals surface area contributed by atoms with E-state index in [4.69, 9.17) is 5.11 Å². The molecule has 0 fully saturated rings. The lowest BCUT2D eigenvalue weighted by Gasteiger charge is -2.11. The topological polar surface area (TPSA) is 82.7 Å². The minimum absolute atomic E-state index is 0.0567. The Bertz CT molecular complexity index is 643. The molecular formula is C14H15NO4. The van der Waals surface area contributed by atoms with Crippen molar-refractivity contribution in [3.05, 3.63) is 46.8 Å². The molecule has 0 aliphatic carbocycles. The molecule has 0 bridgehead atoms. The number of aliphatic hydroxyl groups excluding tert-OH is 1. The van der Waals surface area contributed by atoms with Crippen molar-refractivity contribution < 1.29 is 20.1 Å². The van der Waals surface area contributed by atoms with Crippen LogP contribution in [-0.2, 0) is 6.61 Å². The molecule has 19 heavy (non-hydrogen) atoms. The van der Waals surface area contributed by atoms with Crippen molar-refractivity contribution >= 4 is 5.97 Å². The van der Waals surface area contributed by atoms with Crippen molar-refractivity contribution in [2.24, 2.45) is 0 Å². The number of hydrogen-bond donors (Lipinski definition) is 3. The molecule has 0 saturated heterocycles. The molecule has 0 atom stereocenters. The molecule has 0 aliphatic heterocycles. The number of carboxylic acids is 1. The highest BCUT2D eigenvalue weighted by atomic mass is 16.4. The Morgan fingerprint density at radius 2 is 1.95 bits per heavy atom. The van der Waals surface area contributed by atoms with E-state index in [2.05, 4.69) is 0 Å². The zero-order valence-corrected chi connectivity index (χ0v) is 10.7. The molecule has 0 spiro atoms. The minimum atomic E-state index is -1.17. The molecule has 2 rings (SSSR count). The molecule has 0 unspecified atom stereocenters. The van der Waals surface area contributed by atoms with E-state index in [0.717, 1.165) is 17.0 Å². The van der Waals surface area contributed by atoms with Crippen LogP contribution in [0.2, 0.25) is 0 Å². The monoisotopic (exact) mass is 261 g/mol. The van der Waals surface area contributed by atoms with Crippen LogP contribution >= 0.6 is 0 Å². The lowest BCUT2D eigenvalue weighted by Crippen LogP contribution is -2.02. The van der Waals surface area contributed by atoms with Crippen LogP contribution in [-0.4, -0.2) is 25.9 Å². The van der Waals surface area contributed by atoms with E-state index in [-0.39, 0.29) is 17.9 Å². The lowest BCUT2D eigenvalue weighted by molar-refractivity contribution is 0.0694. The van der Waals surface area contributed by atoms with Gasteiger partial charge in [-0.2, -0.15) is 0 Å². The van der Waals surface area contributed by atoms with Crippen molar-refractivity contribution in [1.29, 1.82) is 0 Å². The Morgan fingerprint density at radius 1 is 1.26 bits per heavy atom. The first kappa shape index (κ1) is 13.2. The first-order valence-corrected chi connectivity index (χ1v) is 5.81. The third-order valence-corrected chi connectivity index (χ3v) is 3.18. The predicted molar refractivity (Wildman–Crippen MR) is 69.8 cm³/mol. The molecule has 0 aliphatic rings.